The minimum atomic E-state index is -0.523. The SMILES string of the molecule is CC(CCNC(=O)N1CCCC(c2ccc3c(C(N)=O)nn(C)c3c2)C1)c1ccccc1. The Bertz CT molecular complexity index is 1110. The van der Waals surface area contributed by atoms with Crippen molar-refractivity contribution in [2.24, 2.45) is 12.8 Å². The third-order valence-corrected chi connectivity index (χ3v) is 6.51. The number of amides is 3. The van der Waals surface area contributed by atoms with E-state index in [-0.39, 0.29) is 11.9 Å². The first-order chi connectivity index (χ1) is 15.4. The van der Waals surface area contributed by atoms with Crippen LogP contribution in [-0.4, -0.2) is 46.3 Å². The van der Waals surface area contributed by atoms with E-state index in [0.717, 1.165) is 42.3 Å². The van der Waals surface area contributed by atoms with Crippen molar-refractivity contribution in [3.8, 4) is 0 Å². The molecular weight excluding hydrogens is 402 g/mol. The van der Waals surface area contributed by atoms with E-state index < -0.39 is 5.91 Å². The minimum Gasteiger partial charge on any atom is -0.364 e. The number of benzene rings is 2. The van der Waals surface area contributed by atoms with Crippen LogP contribution in [0.15, 0.2) is 48.5 Å². The van der Waals surface area contributed by atoms with Crippen LogP contribution in [0.5, 0.6) is 0 Å². The fourth-order valence-corrected chi connectivity index (χ4v) is 4.60. The lowest BCUT2D eigenvalue weighted by Crippen LogP contribution is -2.45. The van der Waals surface area contributed by atoms with Gasteiger partial charge in [0.1, 0.15) is 0 Å². The zero-order valence-corrected chi connectivity index (χ0v) is 18.8. The summed E-state index contributed by atoms with van der Waals surface area (Å²) in [4.78, 5) is 26.3. The topological polar surface area (TPSA) is 93.2 Å². The molecule has 3 aromatic rings. The molecule has 7 heteroatoms. The third kappa shape index (κ3) is 4.61. The summed E-state index contributed by atoms with van der Waals surface area (Å²) >= 11 is 0. The average molecular weight is 434 g/mol. The quantitative estimate of drug-likeness (QED) is 0.620. The number of hydrogen-bond acceptors (Lipinski definition) is 3. The number of nitrogens with zero attached hydrogens (tertiary/aromatic N) is 3. The average Bonchev–Trinajstić information content (AvgIpc) is 3.16. The van der Waals surface area contributed by atoms with Crippen LogP contribution in [0.3, 0.4) is 0 Å². The number of fused-ring (bicyclic) bond motifs is 1. The molecule has 2 heterocycles. The van der Waals surface area contributed by atoms with E-state index >= 15 is 0 Å². The van der Waals surface area contributed by atoms with Crippen molar-refractivity contribution in [3.63, 3.8) is 0 Å². The van der Waals surface area contributed by atoms with E-state index in [4.69, 9.17) is 5.73 Å². The second-order valence-corrected chi connectivity index (χ2v) is 8.73. The Balaban J connectivity index is 1.37. The summed E-state index contributed by atoms with van der Waals surface area (Å²) in [6.07, 6.45) is 2.90. The fourth-order valence-electron chi connectivity index (χ4n) is 4.60. The van der Waals surface area contributed by atoms with Crippen LogP contribution >= 0.6 is 0 Å². The van der Waals surface area contributed by atoms with E-state index in [1.54, 1.807) is 4.68 Å². The Hall–Kier alpha value is -3.35. The van der Waals surface area contributed by atoms with Gasteiger partial charge in [-0.1, -0.05) is 49.4 Å². The zero-order chi connectivity index (χ0) is 22.7. The number of piperidine rings is 1. The summed E-state index contributed by atoms with van der Waals surface area (Å²) < 4.78 is 1.69. The molecule has 4 rings (SSSR count). The molecule has 7 nitrogen and oxygen atoms in total. The predicted molar refractivity (Wildman–Crippen MR) is 126 cm³/mol. The smallest absolute Gasteiger partial charge is 0.317 e. The molecule has 0 radical (unpaired) electrons. The molecule has 3 N–H and O–H groups in total. The van der Waals surface area contributed by atoms with Crippen LogP contribution in [0.25, 0.3) is 10.9 Å². The van der Waals surface area contributed by atoms with Crippen LogP contribution in [0.2, 0.25) is 0 Å². The van der Waals surface area contributed by atoms with Gasteiger partial charge in [0.05, 0.1) is 5.52 Å². The molecule has 1 fully saturated rings. The van der Waals surface area contributed by atoms with E-state index in [9.17, 15) is 9.59 Å². The van der Waals surface area contributed by atoms with Crippen LogP contribution in [0.4, 0.5) is 4.79 Å². The lowest BCUT2D eigenvalue weighted by atomic mass is 9.90. The third-order valence-electron chi connectivity index (χ3n) is 6.51. The number of carbonyl (C=O) groups excluding carboxylic acids is 2. The number of aromatic nitrogens is 2. The monoisotopic (exact) mass is 433 g/mol. The minimum absolute atomic E-state index is 0.00703. The Morgan fingerprint density at radius 1 is 1.22 bits per heavy atom. The molecule has 0 bridgehead atoms. The van der Waals surface area contributed by atoms with Crippen molar-refractivity contribution >= 4 is 22.8 Å². The summed E-state index contributed by atoms with van der Waals surface area (Å²) in [6.45, 7) is 4.31. The lowest BCUT2D eigenvalue weighted by Gasteiger charge is -2.33. The Kier molecular flexibility index (Phi) is 6.44. The molecule has 1 aliphatic heterocycles. The molecule has 32 heavy (non-hydrogen) atoms. The standard InChI is InChI=1S/C25H31N5O2/c1-17(18-7-4-3-5-8-18)12-13-27-25(32)30-14-6-9-20(16-30)19-10-11-21-22(15-19)29(2)28-23(21)24(26)31/h3-5,7-8,10-11,15,17,20H,6,9,12-14,16H2,1-2H3,(H2,26,31)(H,27,32). The maximum absolute atomic E-state index is 12.8. The fraction of sp³-hybridized carbons (Fsp3) is 0.400. The van der Waals surface area contributed by atoms with Gasteiger partial charge in [-0.3, -0.25) is 9.48 Å². The van der Waals surface area contributed by atoms with Gasteiger partial charge >= 0.3 is 6.03 Å². The highest BCUT2D eigenvalue weighted by molar-refractivity contribution is 6.04. The number of hydrogen-bond donors (Lipinski definition) is 2. The first-order valence-electron chi connectivity index (χ1n) is 11.3. The summed E-state index contributed by atoms with van der Waals surface area (Å²) in [6, 6.07) is 16.4. The maximum atomic E-state index is 12.8. The first-order valence-corrected chi connectivity index (χ1v) is 11.3. The molecular formula is C25H31N5O2. The van der Waals surface area contributed by atoms with Crippen molar-refractivity contribution in [2.75, 3.05) is 19.6 Å². The molecule has 0 aliphatic carbocycles. The van der Waals surface area contributed by atoms with Crippen LogP contribution in [0, 0.1) is 0 Å². The second-order valence-electron chi connectivity index (χ2n) is 8.73. The van der Waals surface area contributed by atoms with Gasteiger partial charge in [-0.15, -0.1) is 0 Å². The van der Waals surface area contributed by atoms with E-state index in [0.29, 0.717) is 24.7 Å². The predicted octanol–water partition coefficient (Wildman–Crippen LogP) is 3.76. The number of likely N-dealkylation sites (tertiary alicyclic amines) is 1. The van der Waals surface area contributed by atoms with Gasteiger partial charge in [0, 0.05) is 38.0 Å². The lowest BCUT2D eigenvalue weighted by molar-refractivity contribution is 0.0996. The van der Waals surface area contributed by atoms with E-state index in [2.05, 4.69) is 47.7 Å². The second kappa shape index (κ2) is 9.42. The molecule has 3 amide bonds. The largest absolute Gasteiger partial charge is 0.364 e. The first kappa shape index (κ1) is 21.9. The summed E-state index contributed by atoms with van der Waals surface area (Å²) in [7, 11) is 1.82. The van der Waals surface area contributed by atoms with E-state index in [1.807, 2.05) is 30.1 Å². The number of rotatable bonds is 6. The summed E-state index contributed by atoms with van der Waals surface area (Å²) in [5, 5.41) is 8.12. The van der Waals surface area contributed by atoms with Crippen LogP contribution in [0.1, 0.15) is 59.6 Å². The van der Waals surface area contributed by atoms with Gasteiger partial charge in [0.25, 0.3) is 5.91 Å². The Morgan fingerprint density at radius 2 is 2.00 bits per heavy atom. The van der Waals surface area contributed by atoms with Gasteiger partial charge in [-0.05, 0) is 42.4 Å². The highest BCUT2D eigenvalue weighted by Gasteiger charge is 2.25. The van der Waals surface area contributed by atoms with Crippen molar-refractivity contribution < 1.29 is 9.59 Å². The molecule has 0 saturated carbocycles. The number of carbonyl (C=O) groups is 2. The summed E-state index contributed by atoms with van der Waals surface area (Å²) in [5.74, 6) is 0.140. The molecule has 2 aromatic carbocycles. The van der Waals surface area contributed by atoms with Crippen molar-refractivity contribution in [1.29, 1.82) is 0 Å². The maximum Gasteiger partial charge on any atom is 0.317 e. The van der Waals surface area contributed by atoms with Gasteiger partial charge in [-0.2, -0.15) is 5.10 Å². The highest BCUT2D eigenvalue weighted by Crippen LogP contribution is 2.30. The zero-order valence-electron chi connectivity index (χ0n) is 18.8. The van der Waals surface area contributed by atoms with Gasteiger partial charge in [0.15, 0.2) is 5.69 Å². The molecule has 168 valence electrons. The van der Waals surface area contributed by atoms with E-state index in [1.165, 1.54) is 5.56 Å². The number of nitrogens with two attached hydrogens (primary N) is 1. The number of nitrogens with one attached hydrogen (secondary N) is 1. The molecule has 1 aliphatic rings. The molecule has 2 unspecified atom stereocenters. The van der Waals surface area contributed by atoms with Crippen LogP contribution < -0.4 is 11.1 Å². The molecule has 1 saturated heterocycles. The normalized spacial score (nSPS) is 17.3. The summed E-state index contributed by atoms with van der Waals surface area (Å²) in [5.41, 5.74) is 9.08. The van der Waals surface area contributed by atoms with Crippen LogP contribution in [-0.2, 0) is 7.05 Å². The number of urea groups is 1. The highest BCUT2D eigenvalue weighted by atomic mass is 16.2. The van der Waals surface area contributed by atoms with Gasteiger partial charge < -0.3 is 16.0 Å². The van der Waals surface area contributed by atoms with Crippen molar-refractivity contribution in [1.82, 2.24) is 20.0 Å². The van der Waals surface area contributed by atoms with Crippen molar-refractivity contribution in [3.05, 3.63) is 65.4 Å². The molecule has 2 atom stereocenters. The number of aryl methyl sites for hydroxylation is 1. The Labute approximate surface area is 188 Å². The molecule has 1 aromatic heterocycles. The molecule has 0 spiro atoms. The Morgan fingerprint density at radius 3 is 2.75 bits per heavy atom. The van der Waals surface area contributed by atoms with Crippen molar-refractivity contribution in [2.45, 2.75) is 38.0 Å². The van der Waals surface area contributed by atoms with Gasteiger partial charge in [-0.25, -0.2) is 4.79 Å². The number of primary amides is 1. The van der Waals surface area contributed by atoms with Gasteiger partial charge in [0.2, 0.25) is 0 Å².